The number of hydrogen-bond acceptors (Lipinski definition) is 6. The molecule has 1 aliphatic rings. The predicted octanol–water partition coefficient (Wildman–Crippen LogP) is 13.8. The van der Waals surface area contributed by atoms with Crippen molar-refractivity contribution in [3.63, 3.8) is 0 Å². The average Bonchev–Trinajstić information content (AvgIpc) is 3.57. The van der Waals surface area contributed by atoms with E-state index in [2.05, 4.69) is 148 Å². The van der Waals surface area contributed by atoms with Crippen molar-refractivity contribution in [2.75, 3.05) is 33.7 Å². The second-order valence-electron chi connectivity index (χ2n) is 18.6. The molecule has 0 N–H and O–H groups in total. The molecule has 1 heterocycles. The first-order valence-electron chi connectivity index (χ1n) is 22.0. The summed E-state index contributed by atoms with van der Waals surface area (Å²) in [6, 6.07) is 0. The second kappa shape index (κ2) is 25.0. The molecule has 1 rings (SSSR count). The van der Waals surface area contributed by atoms with Crippen LogP contribution in [0.5, 0.6) is 0 Å². The quantitative estimate of drug-likeness (QED) is 0.0340. The van der Waals surface area contributed by atoms with E-state index in [1.807, 2.05) is 0 Å². The van der Waals surface area contributed by atoms with Gasteiger partial charge in [0.05, 0.1) is 25.4 Å². The molecule has 5 atom stereocenters. The molecule has 0 unspecified atom stereocenters. The Morgan fingerprint density at radius 1 is 0.741 bits per heavy atom. The molecule has 1 saturated heterocycles. The van der Waals surface area contributed by atoms with Crippen LogP contribution in [0.2, 0.25) is 33.2 Å². The Morgan fingerprint density at radius 3 is 1.76 bits per heavy atom. The highest BCUT2D eigenvalue weighted by molar-refractivity contribution is 6.78. The lowest BCUT2D eigenvalue weighted by atomic mass is 9.89. The zero-order valence-electron chi connectivity index (χ0n) is 38.8. The fourth-order valence-corrected chi connectivity index (χ4v) is 20.9. The molecule has 0 saturated carbocycles. The first-order chi connectivity index (χ1) is 25.3. The van der Waals surface area contributed by atoms with Gasteiger partial charge in [0, 0.05) is 26.1 Å². The van der Waals surface area contributed by atoms with Crippen LogP contribution in [0.15, 0.2) is 36.0 Å². The van der Waals surface area contributed by atoms with Gasteiger partial charge in [0.15, 0.2) is 14.1 Å². The third kappa shape index (κ3) is 14.7. The van der Waals surface area contributed by atoms with E-state index in [9.17, 15) is 0 Å². The molecular formula is C46H90O6Si2. The molecule has 1 aliphatic heterocycles. The van der Waals surface area contributed by atoms with Gasteiger partial charge in [-0.15, -0.1) is 0 Å². The van der Waals surface area contributed by atoms with E-state index in [4.69, 9.17) is 27.8 Å². The van der Waals surface area contributed by atoms with Crippen molar-refractivity contribution < 1.29 is 27.8 Å². The Hall–Kier alpha value is -0.586. The van der Waals surface area contributed by atoms with Gasteiger partial charge in [0.1, 0.15) is 6.79 Å². The van der Waals surface area contributed by atoms with Gasteiger partial charge in [-0.25, -0.2) is 0 Å². The molecule has 0 radical (unpaired) electrons. The van der Waals surface area contributed by atoms with E-state index in [-0.39, 0.29) is 24.9 Å². The minimum absolute atomic E-state index is 0.128. The Balaban J connectivity index is 3.26. The molecule has 0 aliphatic carbocycles. The Bertz CT molecular complexity index is 1050. The summed E-state index contributed by atoms with van der Waals surface area (Å²) in [5.41, 5.74) is 4.48. The highest BCUT2D eigenvalue weighted by Crippen LogP contribution is 2.45. The van der Waals surface area contributed by atoms with Gasteiger partial charge in [-0.1, -0.05) is 147 Å². The normalized spacial score (nSPS) is 19.1. The molecule has 0 spiro atoms. The number of methoxy groups -OCH3 is 1. The van der Waals surface area contributed by atoms with Gasteiger partial charge < -0.3 is 27.8 Å². The molecule has 8 heteroatoms. The first kappa shape index (κ1) is 51.4. The van der Waals surface area contributed by atoms with E-state index in [0.29, 0.717) is 58.3 Å². The minimum atomic E-state index is -2.21. The summed E-state index contributed by atoms with van der Waals surface area (Å²) in [6.45, 7) is 42.1. The van der Waals surface area contributed by atoms with Crippen LogP contribution < -0.4 is 0 Å². The lowest BCUT2D eigenvalue weighted by Crippen LogP contribution is -2.52. The Kier molecular flexibility index (Phi) is 23.8. The highest BCUT2D eigenvalue weighted by atomic mass is 28.4. The fourth-order valence-electron chi connectivity index (χ4n) is 9.84. The number of rotatable bonds is 28. The van der Waals surface area contributed by atoms with Crippen molar-refractivity contribution in [2.45, 2.75) is 207 Å². The van der Waals surface area contributed by atoms with Crippen molar-refractivity contribution in [2.24, 2.45) is 17.8 Å². The Morgan fingerprint density at radius 2 is 1.28 bits per heavy atom. The van der Waals surface area contributed by atoms with Crippen molar-refractivity contribution in [3.05, 3.63) is 36.0 Å². The van der Waals surface area contributed by atoms with E-state index in [0.717, 1.165) is 45.1 Å². The summed E-state index contributed by atoms with van der Waals surface area (Å²) >= 11 is 0. The predicted molar refractivity (Wildman–Crippen MR) is 237 cm³/mol. The van der Waals surface area contributed by atoms with E-state index >= 15 is 0 Å². The summed E-state index contributed by atoms with van der Waals surface area (Å²) in [4.78, 5) is 0. The Labute approximate surface area is 338 Å². The minimum Gasteiger partial charge on any atom is -0.416 e. The van der Waals surface area contributed by atoms with Crippen LogP contribution in [0.4, 0.5) is 0 Å². The van der Waals surface area contributed by atoms with Gasteiger partial charge in [-0.3, -0.25) is 0 Å². The molecule has 318 valence electrons. The lowest BCUT2D eigenvalue weighted by Gasteiger charge is -2.45. The van der Waals surface area contributed by atoms with Crippen LogP contribution in [-0.2, 0) is 27.8 Å². The summed E-state index contributed by atoms with van der Waals surface area (Å²) in [7, 11) is -2.40. The zero-order valence-corrected chi connectivity index (χ0v) is 40.8. The summed E-state index contributed by atoms with van der Waals surface area (Å²) in [5, 5.41) is 0. The second-order valence-corrected chi connectivity index (χ2v) is 29.5. The third-order valence-electron chi connectivity index (χ3n) is 12.5. The third-order valence-corrected chi connectivity index (χ3v) is 24.7. The van der Waals surface area contributed by atoms with Crippen molar-refractivity contribution in [1.82, 2.24) is 0 Å². The van der Waals surface area contributed by atoms with Gasteiger partial charge in [0.2, 0.25) is 8.32 Å². The number of ether oxygens (including phenoxy) is 4. The maximum Gasteiger partial charge on any atom is 0.201 e. The van der Waals surface area contributed by atoms with Gasteiger partial charge >= 0.3 is 0 Å². The lowest BCUT2D eigenvalue weighted by molar-refractivity contribution is -0.199. The summed E-state index contributed by atoms with van der Waals surface area (Å²) < 4.78 is 39.4. The molecule has 1 fully saturated rings. The van der Waals surface area contributed by atoms with E-state index < -0.39 is 22.4 Å². The van der Waals surface area contributed by atoms with Gasteiger partial charge in [0.25, 0.3) is 0 Å². The number of hydrogen-bond donors (Lipinski definition) is 0. The first-order valence-corrected chi connectivity index (χ1v) is 26.3. The summed E-state index contributed by atoms with van der Waals surface area (Å²) in [5.74, 6) is 0.493. The van der Waals surface area contributed by atoms with Crippen LogP contribution in [0.1, 0.15) is 156 Å². The molecule has 0 amide bonds. The van der Waals surface area contributed by atoms with Crippen molar-refractivity contribution in [3.8, 4) is 0 Å². The molecule has 0 aromatic rings. The molecule has 6 nitrogen and oxygen atoms in total. The SMILES string of the molecule is CC/C=C/C(C)=C/[C@H](C)C[C@H](OCOC)[C@H](/C=C/CC[C@@H](C)C1(CC[C@H](C)CO[Si](C(C)C)(C(C)C)C(C)C)OCCO1)O[Si](C(C)C)(C(C)C)C(C)C. The van der Waals surface area contributed by atoms with Crippen LogP contribution >= 0.6 is 0 Å². The van der Waals surface area contributed by atoms with E-state index in [1.54, 1.807) is 7.11 Å². The average molecular weight is 795 g/mol. The van der Waals surface area contributed by atoms with Gasteiger partial charge in [-0.2, -0.15) is 0 Å². The smallest absolute Gasteiger partial charge is 0.201 e. The largest absolute Gasteiger partial charge is 0.416 e. The number of allylic oxidation sites excluding steroid dienone is 5. The standard InChI is InChI=1S/C46H90O6Si2/c1-19-20-23-40(14)30-42(16)31-45(48-33-47-18)44(52-54(37(8)9,38(10)11)39(12)13)25-22-21-24-43(17)46(49-28-29-50-46)27-26-41(15)32-51-53(34(2)3,35(4)5)36(6)7/h20,22-23,25,30,34-39,41-45H,19,21,24,26-29,31-33H2,1-18H3/b23-20+,25-22+,40-30+/t41-,42-,43+,44-,45-/m0/s1. The maximum absolute atomic E-state index is 7.51. The molecule has 0 bridgehead atoms. The maximum atomic E-state index is 7.51. The van der Waals surface area contributed by atoms with Gasteiger partial charge in [-0.05, 0) is 84.1 Å². The molecule has 54 heavy (non-hydrogen) atoms. The topological polar surface area (TPSA) is 55.4 Å². The van der Waals surface area contributed by atoms with Crippen LogP contribution in [0, 0.1) is 17.8 Å². The zero-order chi connectivity index (χ0) is 41.3. The van der Waals surface area contributed by atoms with Crippen molar-refractivity contribution in [1.29, 1.82) is 0 Å². The van der Waals surface area contributed by atoms with Crippen molar-refractivity contribution >= 4 is 16.6 Å². The fraction of sp³-hybridized carbons (Fsp3) is 0.870. The highest BCUT2D eigenvalue weighted by Gasteiger charge is 2.48. The molecule has 0 aromatic carbocycles. The van der Waals surface area contributed by atoms with Crippen LogP contribution in [0.25, 0.3) is 0 Å². The van der Waals surface area contributed by atoms with Crippen LogP contribution in [0.3, 0.4) is 0 Å². The molecule has 0 aromatic heterocycles. The van der Waals surface area contributed by atoms with Crippen LogP contribution in [-0.4, -0.2) is 68.4 Å². The van der Waals surface area contributed by atoms with E-state index in [1.165, 1.54) is 5.57 Å². The monoisotopic (exact) mass is 795 g/mol. The molecular weight excluding hydrogens is 705 g/mol. The summed E-state index contributed by atoms with van der Waals surface area (Å²) in [6.07, 6.45) is 16.9.